The molecule has 0 aliphatic carbocycles. The summed E-state index contributed by atoms with van der Waals surface area (Å²) in [5.74, 6) is 1.43. The summed E-state index contributed by atoms with van der Waals surface area (Å²) in [6.07, 6.45) is 6.67. The Labute approximate surface area is 124 Å². The van der Waals surface area contributed by atoms with Gasteiger partial charge in [-0.1, -0.05) is 11.6 Å². The van der Waals surface area contributed by atoms with Crippen LogP contribution in [0.3, 0.4) is 0 Å². The van der Waals surface area contributed by atoms with Crippen molar-refractivity contribution in [3.8, 4) is 6.07 Å². The Kier molecular flexibility index (Phi) is 4.09. The van der Waals surface area contributed by atoms with Gasteiger partial charge in [0.2, 0.25) is 0 Å². The number of aromatic nitrogens is 1. The molecule has 3 heterocycles. The van der Waals surface area contributed by atoms with Crippen LogP contribution in [0.15, 0.2) is 12.3 Å². The highest BCUT2D eigenvalue weighted by Gasteiger charge is 2.30. The second kappa shape index (κ2) is 5.99. The molecule has 2 aliphatic rings. The Morgan fingerprint density at radius 1 is 1.40 bits per heavy atom. The van der Waals surface area contributed by atoms with Crippen LogP contribution in [-0.2, 0) is 0 Å². The van der Waals surface area contributed by atoms with Gasteiger partial charge in [-0.05, 0) is 44.2 Å². The Balaban J connectivity index is 1.78. The van der Waals surface area contributed by atoms with Crippen LogP contribution in [0.2, 0.25) is 5.02 Å². The van der Waals surface area contributed by atoms with E-state index in [0.29, 0.717) is 22.5 Å². The van der Waals surface area contributed by atoms with Gasteiger partial charge >= 0.3 is 0 Å². The molecule has 1 aromatic rings. The Morgan fingerprint density at radius 2 is 2.30 bits per heavy atom. The maximum absolute atomic E-state index is 9.08. The van der Waals surface area contributed by atoms with E-state index in [1.165, 1.54) is 19.3 Å². The maximum Gasteiger partial charge on any atom is 0.148 e. The summed E-state index contributed by atoms with van der Waals surface area (Å²) in [7, 11) is 0. The molecule has 2 atom stereocenters. The van der Waals surface area contributed by atoms with Gasteiger partial charge in [-0.3, -0.25) is 0 Å². The van der Waals surface area contributed by atoms with Crippen molar-refractivity contribution in [2.24, 2.45) is 5.92 Å². The lowest BCUT2D eigenvalue weighted by atomic mass is 9.90. The first-order chi connectivity index (χ1) is 9.79. The largest absolute Gasteiger partial charge is 0.355 e. The molecule has 106 valence electrons. The average Bonchev–Trinajstić information content (AvgIpc) is 3.02. The highest BCUT2D eigenvalue weighted by molar-refractivity contribution is 6.34. The number of nitrogens with one attached hydrogen (secondary N) is 1. The fourth-order valence-electron chi connectivity index (χ4n) is 3.38. The number of anilines is 1. The van der Waals surface area contributed by atoms with Gasteiger partial charge in [0.25, 0.3) is 0 Å². The van der Waals surface area contributed by atoms with E-state index in [4.69, 9.17) is 16.9 Å². The van der Waals surface area contributed by atoms with Crippen LogP contribution >= 0.6 is 11.6 Å². The van der Waals surface area contributed by atoms with Crippen LogP contribution in [0.4, 0.5) is 5.82 Å². The monoisotopic (exact) mass is 290 g/mol. The summed E-state index contributed by atoms with van der Waals surface area (Å²) in [5, 5.41) is 13.2. The van der Waals surface area contributed by atoms with Crippen LogP contribution in [0, 0.1) is 17.2 Å². The fourth-order valence-corrected chi connectivity index (χ4v) is 3.66. The lowest BCUT2D eigenvalue weighted by Gasteiger charge is -2.36. The first kappa shape index (κ1) is 13.7. The molecular formula is C15H19ClN4. The number of hydrogen-bond acceptors (Lipinski definition) is 4. The summed E-state index contributed by atoms with van der Waals surface area (Å²) in [6, 6.07) is 4.44. The number of nitrogens with zero attached hydrogens (tertiary/aromatic N) is 3. The zero-order valence-corrected chi connectivity index (χ0v) is 12.2. The minimum Gasteiger partial charge on any atom is -0.355 e. The molecule has 4 nitrogen and oxygen atoms in total. The fraction of sp³-hybridized carbons (Fsp3) is 0.600. The molecule has 0 bridgehead atoms. The van der Waals surface area contributed by atoms with Crippen LogP contribution in [0.5, 0.6) is 0 Å². The molecule has 3 rings (SSSR count). The molecule has 2 unspecified atom stereocenters. The highest BCUT2D eigenvalue weighted by atomic mass is 35.5. The molecule has 2 aliphatic heterocycles. The van der Waals surface area contributed by atoms with E-state index in [9.17, 15) is 0 Å². The topological polar surface area (TPSA) is 52.0 Å². The van der Waals surface area contributed by atoms with Gasteiger partial charge in [0.1, 0.15) is 16.9 Å². The van der Waals surface area contributed by atoms with Gasteiger partial charge in [0.05, 0.1) is 5.56 Å². The second-order valence-corrected chi connectivity index (χ2v) is 6.04. The first-order valence-electron chi connectivity index (χ1n) is 7.32. The average molecular weight is 291 g/mol. The van der Waals surface area contributed by atoms with E-state index in [1.54, 1.807) is 12.3 Å². The molecule has 5 heteroatoms. The number of nitriles is 1. The van der Waals surface area contributed by atoms with Crippen molar-refractivity contribution in [2.75, 3.05) is 24.5 Å². The van der Waals surface area contributed by atoms with Crippen molar-refractivity contribution >= 4 is 17.4 Å². The van der Waals surface area contributed by atoms with Gasteiger partial charge in [-0.15, -0.1) is 0 Å². The van der Waals surface area contributed by atoms with E-state index in [0.717, 1.165) is 31.9 Å². The molecular weight excluding hydrogens is 272 g/mol. The van der Waals surface area contributed by atoms with Gasteiger partial charge in [-0.2, -0.15) is 5.26 Å². The lowest BCUT2D eigenvalue weighted by molar-refractivity contribution is 0.328. The summed E-state index contributed by atoms with van der Waals surface area (Å²) in [4.78, 5) is 6.64. The number of hydrogen-bond donors (Lipinski definition) is 1. The van der Waals surface area contributed by atoms with E-state index < -0.39 is 0 Å². The Morgan fingerprint density at radius 3 is 3.05 bits per heavy atom. The predicted molar refractivity (Wildman–Crippen MR) is 79.9 cm³/mol. The number of pyridine rings is 1. The van der Waals surface area contributed by atoms with E-state index in [-0.39, 0.29) is 0 Å². The van der Waals surface area contributed by atoms with Crippen LogP contribution in [0.1, 0.15) is 31.2 Å². The SMILES string of the molecule is N#Cc1ccnc(N2CCCC(C3CCCN3)C2)c1Cl. The zero-order chi connectivity index (χ0) is 13.9. The molecule has 0 spiro atoms. The van der Waals surface area contributed by atoms with Crippen LogP contribution in [-0.4, -0.2) is 30.7 Å². The second-order valence-electron chi connectivity index (χ2n) is 5.66. The molecule has 1 N–H and O–H groups in total. The predicted octanol–water partition coefficient (Wildman–Crippen LogP) is 2.58. The Bertz CT molecular complexity index is 519. The minimum atomic E-state index is 0.495. The molecule has 0 aromatic carbocycles. The van der Waals surface area contributed by atoms with Gasteiger partial charge in [-0.25, -0.2) is 4.98 Å². The molecule has 20 heavy (non-hydrogen) atoms. The number of halogens is 1. The molecule has 2 fully saturated rings. The quantitative estimate of drug-likeness (QED) is 0.909. The van der Waals surface area contributed by atoms with Gasteiger partial charge < -0.3 is 10.2 Å². The van der Waals surface area contributed by atoms with Crippen molar-refractivity contribution in [3.05, 3.63) is 22.8 Å². The standard InChI is InChI=1S/C15H19ClN4/c16-14-11(9-17)5-7-19-15(14)20-8-2-3-12(10-20)13-4-1-6-18-13/h5,7,12-13,18H,1-4,6,8,10H2. The molecule has 0 radical (unpaired) electrons. The van der Waals surface area contributed by atoms with E-state index >= 15 is 0 Å². The van der Waals surface area contributed by atoms with Crippen molar-refractivity contribution in [1.82, 2.24) is 10.3 Å². The molecule has 0 amide bonds. The van der Waals surface area contributed by atoms with Crippen molar-refractivity contribution in [3.63, 3.8) is 0 Å². The number of piperidine rings is 1. The molecule has 0 saturated carbocycles. The Hall–Kier alpha value is -1.31. The number of rotatable bonds is 2. The van der Waals surface area contributed by atoms with E-state index in [2.05, 4.69) is 21.3 Å². The first-order valence-corrected chi connectivity index (χ1v) is 7.70. The third-order valence-electron chi connectivity index (χ3n) is 4.42. The van der Waals surface area contributed by atoms with Crippen LogP contribution < -0.4 is 10.2 Å². The summed E-state index contributed by atoms with van der Waals surface area (Å²) >= 11 is 6.31. The van der Waals surface area contributed by atoms with Gasteiger partial charge in [0.15, 0.2) is 0 Å². The smallest absolute Gasteiger partial charge is 0.148 e. The minimum absolute atomic E-state index is 0.495. The van der Waals surface area contributed by atoms with Crippen molar-refractivity contribution in [2.45, 2.75) is 31.7 Å². The summed E-state index contributed by atoms with van der Waals surface area (Å²) in [5.41, 5.74) is 0.512. The third-order valence-corrected chi connectivity index (χ3v) is 4.79. The third kappa shape index (κ3) is 2.61. The summed E-state index contributed by atoms with van der Waals surface area (Å²) in [6.45, 7) is 3.11. The lowest BCUT2D eigenvalue weighted by Crippen LogP contribution is -2.44. The van der Waals surface area contributed by atoms with Gasteiger partial charge in [0, 0.05) is 25.3 Å². The zero-order valence-electron chi connectivity index (χ0n) is 11.5. The summed E-state index contributed by atoms with van der Waals surface area (Å²) < 4.78 is 0. The maximum atomic E-state index is 9.08. The van der Waals surface area contributed by atoms with E-state index in [1.807, 2.05) is 0 Å². The van der Waals surface area contributed by atoms with Crippen molar-refractivity contribution < 1.29 is 0 Å². The molecule has 2 saturated heterocycles. The van der Waals surface area contributed by atoms with Crippen LogP contribution in [0.25, 0.3) is 0 Å². The highest BCUT2D eigenvalue weighted by Crippen LogP contribution is 2.32. The normalized spacial score (nSPS) is 26.5. The van der Waals surface area contributed by atoms with Crippen molar-refractivity contribution in [1.29, 1.82) is 5.26 Å². The molecule has 1 aromatic heterocycles.